The molecule has 0 saturated carbocycles. The van der Waals surface area contributed by atoms with E-state index in [1.165, 1.54) is 12.3 Å². The molecule has 0 aromatic heterocycles. The minimum Gasteiger partial charge on any atom is -0.504 e. The highest BCUT2D eigenvalue weighted by Crippen LogP contribution is 2.26. The van der Waals surface area contributed by atoms with Gasteiger partial charge in [-0.05, 0) is 61.4 Å². The number of nitrogens with one attached hydrogen (secondary N) is 2. The number of hydrogen-bond acceptors (Lipinski definition) is 5. The van der Waals surface area contributed by atoms with Crippen LogP contribution in [0.3, 0.4) is 0 Å². The average molecular weight is 369 g/mol. The number of phenols is 1. The molecule has 0 aliphatic carbocycles. The standard InChI is InChI=1S/C20H23N3O4/c1-3-5-19(25)22-16-9-7-15(8-10-16)20(26)23-21-13-14-6-11-17(24)18(12-14)27-4-2/h6-13,24H,3-5H2,1-2H3,(H,22,25)(H,23,26). The smallest absolute Gasteiger partial charge is 0.271 e. The molecule has 0 radical (unpaired) electrons. The molecule has 2 amide bonds. The molecule has 0 bridgehead atoms. The van der Waals surface area contributed by atoms with E-state index in [0.29, 0.717) is 35.6 Å². The number of hydrogen-bond donors (Lipinski definition) is 3. The molecule has 0 aliphatic rings. The number of amides is 2. The molecule has 0 heterocycles. The summed E-state index contributed by atoms with van der Waals surface area (Å²) in [5.74, 6) is -0.0289. The largest absolute Gasteiger partial charge is 0.504 e. The van der Waals surface area contributed by atoms with Crippen molar-refractivity contribution >= 4 is 23.7 Å². The van der Waals surface area contributed by atoms with Gasteiger partial charge in [0.2, 0.25) is 5.91 Å². The molecule has 0 unspecified atom stereocenters. The van der Waals surface area contributed by atoms with Gasteiger partial charge in [-0.3, -0.25) is 9.59 Å². The lowest BCUT2D eigenvalue weighted by Gasteiger charge is -2.06. The third-order valence-electron chi connectivity index (χ3n) is 3.57. The molecule has 3 N–H and O–H groups in total. The Labute approximate surface area is 158 Å². The van der Waals surface area contributed by atoms with E-state index in [0.717, 1.165) is 6.42 Å². The summed E-state index contributed by atoms with van der Waals surface area (Å²) in [6.45, 7) is 4.18. The molecular weight excluding hydrogens is 346 g/mol. The van der Waals surface area contributed by atoms with Gasteiger partial charge in [0.25, 0.3) is 5.91 Å². The number of aromatic hydroxyl groups is 1. The fourth-order valence-electron chi connectivity index (χ4n) is 2.27. The predicted octanol–water partition coefficient (Wildman–Crippen LogP) is 3.29. The van der Waals surface area contributed by atoms with Gasteiger partial charge in [-0.2, -0.15) is 5.10 Å². The Morgan fingerprint density at radius 3 is 2.56 bits per heavy atom. The molecule has 0 aliphatic heterocycles. The van der Waals surface area contributed by atoms with Crippen molar-refractivity contribution in [3.8, 4) is 11.5 Å². The van der Waals surface area contributed by atoms with Crippen LogP contribution in [0.4, 0.5) is 5.69 Å². The van der Waals surface area contributed by atoms with Crippen molar-refractivity contribution in [2.45, 2.75) is 26.7 Å². The van der Waals surface area contributed by atoms with E-state index in [4.69, 9.17) is 4.74 Å². The van der Waals surface area contributed by atoms with Crippen molar-refractivity contribution in [3.63, 3.8) is 0 Å². The first-order valence-corrected chi connectivity index (χ1v) is 8.72. The highest BCUT2D eigenvalue weighted by atomic mass is 16.5. The van der Waals surface area contributed by atoms with Gasteiger partial charge in [-0.15, -0.1) is 0 Å². The number of rotatable bonds is 8. The molecule has 7 heteroatoms. The molecule has 0 saturated heterocycles. The fraction of sp³-hybridized carbons (Fsp3) is 0.250. The van der Waals surface area contributed by atoms with Crippen LogP contribution in [0.2, 0.25) is 0 Å². The maximum absolute atomic E-state index is 12.1. The van der Waals surface area contributed by atoms with Crippen LogP contribution in [-0.2, 0) is 4.79 Å². The number of hydrazone groups is 1. The average Bonchev–Trinajstić information content (AvgIpc) is 2.65. The molecule has 2 aromatic carbocycles. The van der Waals surface area contributed by atoms with E-state index in [1.807, 2.05) is 13.8 Å². The Morgan fingerprint density at radius 1 is 1.15 bits per heavy atom. The molecule has 0 spiro atoms. The van der Waals surface area contributed by atoms with Crippen molar-refractivity contribution < 1.29 is 19.4 Å². The molecule has 0 atom stereocenters. The summed E-state index contributed by atoms with van der Waals surface area (Å²) >= 11 is 0. The summed E-state index contributed by atoms with van der Waals surface area (Å²) in [5.41, 5.74) is 4.16. The molecule has 2 aromatic rings. The Hall–Kier alpha value is -3.35. The van der Waals surface area contributed by atoms with Crippen LogP contribution < -0.4 is 15.5 Å². The lowest BCUT2D eigenvalue weighted by atomic mass is 10.2. The van der Waals surface area contributed by atoms with Gasteiger partial charge in [0.1, 0.15) is 0 Å². The number of carbonyl (C=O) groups is 2. The minimum absolute atomic E-state index is 0.0455. The Kier molecular flexibility index (Phi) is 7.37. The first kappa shape index (κ1) is 20.0. The Morgan fingerprint density at radius 2 is 1.89 bits per heavy atom. The van der Waals surface area contributed by atoms with Gasteiger partial charge in [-0.25, -0.2) is 5.43 Å². The van der Waals surface area contributed by atoms with Crippen molar-refractivity contribution in [2.75, 3.05) is 11.9 Å². The Bertz CT molecular complexity index is 816. The van der Waals surface area contributed by atoms with Gasteiger partial charge in [0.15, 0.2) is 11.5 Å². The quantitative estimate of drug-likeness (QED) is 0.491. The van der Waals surface area contributed by atoms with Crippen LogP contribution in [0.5, 0.6) is 11.5 Å². The lowest BCUT2D eigenvalue weighted by Crippen LogP contribution is -2.17. The Balaban J connectivity index is 1.94. The van der Waals surface area contributed by atoms with E-state index in [9.17, 15) is 14.7 Å². The summed E-state index contributed by atoms with van der Waals surface area (Å²) in [6, 6.07) is 11.3. The maximum Gasteiger partial charge on any atom is 0.271 e. The van der Waals surface area contributed by atoms with Gasteiger partial charge in [0, 0.05) is 17.7 Å². The topological polar surface area (TPSA) is 100 Å². The fourth-order valence-corrected chi connectivity index (χ4v) is 2.27. The highest BCUT2D eigenvalue weighted by molar-refractivity contribution is 5.96. The number of anilines is 1. The number of nitrogens with zero attached hydrogens (tertiary/aromatic N) is 1. The van der Waals surface area contributed by atoms with Crippen LogP contribution in [0.25, 0.3) is 0 Å². The SMILES string of the molecule is CCCC(=O)Nc1ccc(C(=O)NN=Cc2ccc(O)c(OCC)c2)cc1. The first-order valence-electron chi connectivity index (χ1n) is 8.72. The summed E-state index contributed by atoms with van der Waals surface area (Å²) < 4.78 is 5.30. The molecule has 7 nitrogen and oxygen atoms in total. The van der Waals surface area contributed by atoms with Crippen LogP contribution in [-0.4, -0.2) is 29.7 Å². The lowest BCUT2D eigenvalue weighted by molar-refractivity contribution is -0.116. The number of phenolic OH excluding ortho intramolecular Hbond substituents is 1. The van der Waals surface area contributed by atoms with Gasteiger partial charge < -0.3 is 15.2 Å². The number of ether oxygens (including phenoxy) is 1. The second-order valence-corrected chi connectivity index (χ2v) is 5.73. The van der Waals surface area contributed by atoms with Crippen LogP contribution in [0.1, 0.15) is 42.6 Å². The summed E-state index contributed by atoms with van der Waals surface area (Å²) in [4.78, 5) is 23.7. The predicted molar refractivity (Wildman–Crippen MR) is 104 cm³/mol. The second-order valence-electron chi connectivity index (χ2n) is 5.73. The van der Waals surface area contributed by atoms with Crippen molar-refractivity contribution in [3.05, 3.63) is 53.6 Å². The van der Waals surface area contributed by atoms with E-state index in [-0.39, 0.29) is 17.6 Å². The van der Waals surface area contributed by atoms with E-state index >= 15 is 0 Å². The van der Waals surface area contributed by atoms with Crippen molar-refractivity contribution in [1.29, 1.82) is 0 Å². The highest BCUT2D eigenvalue weighted by Gasteiger charge is 2.06. The summed E-state index contributed by atoms with van der Waals surface area (Å²) in [7, 11) is 0. The van der Waals surface area contributed by atoms with Crippen LogP contribution in [0, 0.1) is 0 Å². The van der Waals surface area contributed by atoms with Crippen molar-refractivity contribution in [1.82, 2.24) is 5.43 Å². The molecule has 27 heavy (non-hydrogen) atoms. The first-order chi connectivity index (χ1) is 13.0. The summed E-state index contributed by atoms with van der Waals surface area (Å²) in [6.07, 6.45) is 2.69. The monoisotopic (exact) mass is 369 g/mol. The third-order valence-corrected chi connectivity index (χ3v) is 3.57. The molecule has 2 rings (SSSR count). The third kappa shape index (κ3) is 6.14. The van der Waals surface area contributed by atoms with E-state index in [1.54, 1.807) is 36.4 Å². The van der Waals surface area contributed by atoms with Gasteiger partial charge >= 0.3 is 0 Å². The van der Waals surface area contributed by atoms with Crippen LogP contribution in [0.15, 0.2) is 47.6 Å². The van der Waals surface area contributed by atoms with E-state index < -0.39 is 0 Å². The normalized spacial score (nSPS) is 10.6. The maximum atomic E-state index is 12.1. The second kappa shape index (κ2) is 9.96. The zero-order valence-corrected chi connectivity index (χ0v) is 15.4. The molecule has 142 valence electrons. The summed E-state index contributed by atoms with van der Waals surface area (Å²) in [5, 5.41) is 16.3. The van der Waals surface area contributed by atoms with Gasteiger partial charge in [-0.1, -0.05) is 6.92 Å². The van der Waals surface area contributed by atoms with E-state index in [2.05, 4.69) is 15.8 Å². The minimum atomic E-state index is -0.374. The molecular formula is C20H23N3O4. The zero-order valence-electron chi connectivity index (χ0n) is 15.4. The molecule has 0 fully saturated rings. The number of benzene rings is 2. The van der Waals surface area contributed by atoms with Gasteiger partial charge in [0.05, 0.1) is 12.8 Å². The number of carbonyl (C=O) groups excluding carboxylic acids is 2. The van der Waals surface area contributed by atoms with Crippen molar-refractivity contribution in [2.24, 2.45) is 5.10 Å². The van der Waals surface area contributed by atoms with Crippen LogP contribution >= 0.6 is 0 Å². The zero-order chi connectivity index (χ0) is 19.6.